The molecule has 0 atom stereocenters. The van der Waals surface area contributed by atoms with E-state index in [-0.39, 0.29) is 41.6 Å². The number of alkyl halides is 3. The van der Waals surface area contributed by atoms with Crippen LogP contribution >= 0.6 is 11.6 Å². The number of amides is 1. The van der Waals surface area contributed by atoms with Gasteiger partial charge in [-0.3, -0.25) is 9.59 Å². The molecule has 3 heterocycles. The van der Waals surface area contributed by atoms with E-state index in [0.717, 1.165) is 6.07 Å². The van der Waals surface area contributed by atoms with Gasteiger partial charge in [-0.2, -0.15) is 13.2 Å². The summed E-state index contributed by atoms with van der Waals surface area (Å²) in [5.41, 5.74) is -1.86. The minimum Gasteiger partial charge on any atom is -0.493 e. The van der Waals surface area contributed by atoms with Crippen molar-refractivity contribution in [3.8, 4) is 22.8 Å². The summed E-state index contributed by atoms with van der Waals surface area (Å²) >= 11 is 6.35. The van der Waals surface area contributed by atoms with E-state index in [1.807, 2.05) is 0 Å². The molecule has 4 rings (SSSR count). The number of pyridine rings is 1. The van der Waals surface area contributed by atoms with E-state index in [0.29, 0.717) is 49.4 Å². The van der Waals surface area contributed by atoms with E-state index < -0.39 is 38.2 Å². The first-order valence-electron chi connectivity index (χ1n) is 13.0. The quantitative estimate of drug-likeness (QED) is 0.305. The molecule has 43 heavy (non-hydrogen) atoms. The zero-order chi connectivity index (χ0) is 31.4. The fourth-order valence-corrected chi connectivity index (χ4v) is 5.74. The maximum atomic E-state index is 13.8. The van der Waals surface area contributed by atoms with Gasteiger partial charge >= 0.3 is 6.18 Å². The number of carbonyl (C=O) groups is 1. The molecule has 0 bridgehead atoms. The Hall–Kier alpha value is -3.69. The smallest absolute Gasteiger partial charge is 0.433 e. The Morgan fingerprint density at radius 3 is 2.40 bits per heavy atom. The third kappa shape index (κ3) is 7.83. The molecule has 1 aliphatic heterocycles. The molecule has 0 saturated carbocycles. The molecule has 1 fully saturated rings. The third-order valence-corrected chi connectivity index (χ3v) is 8.53. The predicted molar refractivity (Wildman–Crippen MR) is 149 cm³/mol. The fraction of sp³-hybridized carbons (Fsp3) is 0.407. The maximum Gasteiger partial charge on any atom is 0.433 e. The molecule has 16 heteroatoms. The van der Waals surface area contributed by atoms with Gasteiger partial charge < -0.3 is 23.7 Å². The first-order valence-corrected chi connectivity index (χ1v) is 15.0. The zero-order valence-electron chi connectivity index (χ0n) is 23.2. The zero-order valence-corrected chi connectivity index (χ0v) is 24.8. The molecule has 232 valence electrons. The lowest BCUT2D eigenvalue weighted by Crippen LogP contribution is -2.40. The van der Waals surface area contributed by atoms with Crippen LogP contribution in [0.5, 0.6) is 11.5 Å². The highest BCUT2D eigenvalue weighted by atomic mass is 35.5. The normalized spacial score (nSPS) is 14.0. The van der Waals surface area contributed by atoms with E-state index >= 15 is 0 Å². The molecule has 1 amide bonds. The average molecular weight is 645 g/mol. The number of benzene rings is 1. The maximum absolute atomic E-state index is 13.8. The second-order valence-electron chi connectivity index (χ2n) is 9.52. The molecule has 3 aromatic rings. The van der Waals surface area contributed by atoms with Crippen LogP contribution in [0.2, 0.25) is 5.02 Å². The van der Waals surface area contributed by atoms with Crippen LogP contribution < -0.4 is 15.0 Å². The van der Waals surface area contributed by atoms with Crippen molar-refractivity contribution in [1.29, 1.82) is 0 Å². The van der Waals surface area contributed by atoms with Gasteiger partial charge in [-0.25, -0.2) is 18.4 Å². The van der Waals surface area contributed by atoms with Crippen molar-refractivity contribution < 1.29 is 40.6 Å². The summed E-state index contributed by atoms with van der Waals surface area (Å²) in [5.74, 6) is -0.211. The van der Waals surface area contributed by atoms with Crippen molar-refractivity contribution >= 4 is 27.3 Å². The van der Waals surface area contributed by atoms with E-state index in [1.54, 1.807) is 11.0 Å². The van der Waals surface area contributed by atoms with Gasteiger partial charge in [0.2, 0.25) is 20.9 Å². The highest BCUT2D eigenvalue weighted by Crippen LogP contribution is 2.34. The molecule has 0 unspecified atom stereocenters. The number of aromatic nitrogens is 3. The van der Waals surface area contributed by atoms with Gasteiger partial charge in [0.25, 0.3) is 5.56 Å². The van der Waals surface area contributed by atoms with Crippen LogP contribution in [-0.2, 0) is 32.1 Å². The molecule has 2 aromatic heterocycles. The highest BCUT2D eigenvalue weighted by molar-refractivity contribution is 7.91. The van der Waals surface area contributed by atoms with Gasteiger partial charge in [-0.15, -0.1) is 0 Å². The molecule has 1 saturated heterocycles. The SMILES string of the molecule is COc1cc(Cl)c(Cn2cc(-c3cc(C(F)(F)F)nc(S(=O)(=O)CCCC(=O)N4CCOCC4)n3)ccc2=O)cc1OC. The number of halogens is 4. The molecule has 0 radical (unpaired) electrons. The first-order chi connectivity index (χ1) is 20.3. The Balaban J connectivity index is 1.64. The van der Waals surface area contributed by atoms with Gasteiger partial charge in [-0.05, 0) is 30.2 Å². The van der Waals surface area contributed by atoms with Gasteiger partial charge in [0, 0.05) is 48.4 Å². The highest BCUT2D eigenvalue weighted by Gasteiger charge is 2.35. The van der Waals surface area contributed by atoms with E-state index in [4.69, 9.17) is 25.8 Å². The molecule has 1 aromatic carbocycles. The number of hydrogen-bond acceptors (Lipinski definition) is 9. The van der Waals surface area contributed by atoms with Crippen molar-refractivity contribution in [1.82, 2.24) is 19.4 Å². The number of hydrogen-bond donors (Lipinski definition) is 0. The number of ether oxygens (including phenoxy) is 3. The lowest BCUT2D eigenvalue weighted by Gasteiger charge is -2.26. The van der Waals surface area contributed by atoms with E-state index in [1.165, 1.54) is 37.1 Å². The molecular weight excluding hydrogens is 617 g/mol. The summed E-state index contributed by atoms with van der Waals surface area (Å²) in [7, 11) is -1.57. The van der Waals surface area contributed by atoms with Gasteiger partial charge in [0.05, 0.1) is 45.4 Å². The van der Waals surface area contributed by atoms with Crippen LogP contribution in [0.15, 0.2) is 46.5 Å². The summed E-state index contributed by atoms with van der Waals surface area (Å²) in [5, 5.41) is -0.784. The summed E-state index contributed by atoms with van der Waals surface area (Å²) < 4.78 is 84.3. The second kappa shape index (κ2) is 13.3. The summed E-state index contributed by atoms with van der Waals surface area (Å²) in [6.45, 7) is 1.42. The number of morpholine rings is 1. The monoisotopic (exact) mass is 644 g/mol. The third-order valence-electron chi connectivity index (χ3n) is 6.61. The number of nitrogens with zero attached hydrogens (tertiary/aromatic N) is 4. The lowest BCUT2D eigenvalue weighted by atomic mass is 10.1. The van der Waals surface area contributed by atoms with Gasteiger partial charge in [0.1, 0.15) is 5.69 Å². The average Bonchev–Trinajstić information content (AvgIpc) is 2.98. The van der Waals surface area contributed by atoms with Crippen molar-refractivity contribution in [3.05, 3.63) is 63.2 Å². The van der Waals surface area contributed by atoms with E-state index in [2.05, 4.69) is 9.97 Å². The minimum atomic E-state index is -4.99. The van der Waals surface area contributed by atoms with Gasteiger partial charge in [0.15, 0.2) is 11.5 Å². The molecule has 0 aliphatic carbocycles. The van der Waals surface area contributed by atoms with Crippen molar-refractivity contribution in [3.63, 3.8) is 0 Å². The largest absolute Gasteiger partial charge is 0.493 e. The van der Waals surface area contributed by atoms with Crippen molar-refractivity contribution in [2.24, 2.45) is 0 Å². The summed E-state index contributed by atoms with van der Waals surface area (Å²) in [6.07, 6.45) is -4.00. The fourth-order valence-electron chi connectivity index (χ4n) is 4.34. The standard InChI is InChI=1S/C27H28ClF3N4O7S/c1-40-21-12-18(19(28)13-22(21)41-2)16-35-15-17(5-6-25(35)37)20-14-23(27(29,30)31)33-26(32-20)43(38,39)11-3-4-24(36)34-7-9-42-10-8-34/h5-6,12-15H,3-4,7-11,16H2,1-2H3. The Kier molecular flexibility index (Phi) is 9.97. The van der Waals surface area contributed by atoms with Crippen LogP contribution in [0.25, 0.3) is 11.3 Å². The van der Waals surface area contributed by atoms with Crippen molar-refractivity contribution in [2.45, 2.75) is 30.7 Å². The first kappa shape index (κ1) is 32.2. The Morgan fingerprint density at radius 2 is 1.74 bits per heavy atom. The molecular formula is C27H28ClF3N4O7S. The number of rotatable bonds is 10. The van der Waals surface area contributed by atoms with Crippen LogP contribution in [0.1, 0.15) is 24.1 Å². The molecule has 0 spiro atoms. The lowest BCUT2D eigenvalue weighted by molar-refractivity contribution is -0.141. The van der Waals surface area contributed by atoms with Crippen LogP contribution in [0, 0.1) is 0 Å². The number of carbonyl (C=O) groups excluding carboxylic acids is 1. The number of methoxy groups -OCH3 is 2. The molecule has 11 nitrogen and oxygen atoms in total. The second-order valence-corrected chi connectivity index (χ2v) is 11.9. The molecule has 0 N–H and O–H groups in total. The summed E-state index contributed by atoms with van der Waals surface area (Å²) in [6, 6.07) is 6.01. The van der Waals surface area contributed by atoms with E-state index in [9.17, 15) is 31.2 Å². The van der Waals surface area contributed by atoms with Gasteiger partial charge in [-0.1, -0.05) is 11.6 Å². The Labute approximate surface area is 250 Å². The van der Waals surface area contributed by atoms with Crippen molar-refractivity contribution in [2.75, 3.05) is 46.3 Å². The van der Waals surface area contributed by atoms with Crippen LogP contribution in [-0.4, -0.2) is 80.0 Å². The van der Waals surface area contributed by atoms with Crippen LogP contribution in [0.4, 0.5) is 13.2 Å². The predicted octanol–water partition coefficient (Wildman–Crippen LogP) is 3.46. The Bertz CT molecular complexity index is 1660. The Morgan fingerprint density at radius 1 is 1.07 bits per heavy atom. The molecule has 1 aliphatic rings. The van der Waals surface area contributed by atoms with Crippen LogP contribution in [0.3, 0.4) is 0 Å². The minimum absolute atomic E-state index is 0.0306. The number of sulfone groups is 1. The summed E-state index contributed by atoms with van der Waals surface area (Å²) in [4.78, 5) is 33.8. The topological polar surface area (TPSA) is 130 Å².